The average Bonchev–Trinajstić information content (AvgIpc) is 3.37. The van der Waals surface area contributed by atoms with Crippen molar-refractivity contribution in [2.24, 2.45) is 0 Å². The SMILES string of the molecule is O=C(NC1CCN(C(=O)c2cccc(S(=O)(=O)NCC3CCCO3)c2)CC1)c1ccccc1. The van der Waals surface area contributed by atoms with Gasteiger partial charge in [0.15, 0.2) is 0 Å². The van der Waals surface area contributed by atoms with Gasteiger partial charge in [0, 0.05) is 43.4 Å². The molecule has 2 saturated heterocycles. The summed E-state index contributed by atoms with van der Waals surface area (Å²) in [4.78, 5) is 27.1. The van der Waals surface area contributed by atoms with Gasteiger partial charge >= 0.3 is 0 Å². The number of hydrogen-bond donors (Lipinski definition) is 2. The van der Waals surface area contributed by atoms with Crippen LogP contribution in [0.4, 0.5) is 0 Å². The number of nitrogens with one attached hydrogen (secondary N) is 2. The second-order valence-electron chi connectivity index (χ2n) is 8.42. The number of nitrogens with zero attached hydrogens (tertiary/aromatic N) is 1. The van der Waals surface area contributed by atoms with E-state index in [2.05, 4.69) is 10.0 Å². The first-order chi connectivity index (χ1) is 15.9. The average molecular weight is 472 g/mol. The third kappa shape index (κ3) is 5.98. The molecular weight excluding hydrogens is 442 g/mol. The molecule has 0 saturated carbocycles. The molecular formula is C24H29N3O5S. The molecule has 2 aliphatic heterocycles. The molecule has 1 atom stereocenters. The second-order valence-corrected chi connectivity index (χ2v) is 10.2. The van der Waals surface area contributed by atoms with Crippen molar-refractivity contribution in [3.8, 4) is 0 Å². The second kappa shape index (κ2) is 10.5. The molecule has 4 rings (SSSR count). The minimum absolute atomic E-state index is 0.00419. The summed E-state index contributed by atoms with van der Waals surface area (Å²) < 4.78 is 33.4. The molecule has 176 valence electrons. The van der Waals surface area contributed by atoms with Gasteiger partial charge in [-0.2, -0.15) is 0 Å². The maximum absolute atomic E-state index is 13.0. The van der Waals surface area contributed by atoms with Crippen LogP contribution in [0, 0.1) is 0 Å². The Balaban J connectivity index is 1.32. The third-order valence-corrected chi connectivity index (χ3v) is 7.49. The van der Waals surface area contributed by atoms with E-state index >= 15 is 0 Å². The molecule has 1 unspecified atom stereocenters. The van der Waals surface area contributed by atoms with Crippen molar-refractivity contribution in [3.05, 3.63) is 65.7 Å². The van der Waals surface area contributed by atoms with E-state index in [1.165, 1.54) is 12.1 Å². The predicted octanol–water partition coefficient (Wildman–Crippen LogP) is 2.18. The first-order valence-electron chi connectivity index (χ1n) is 11.3. The van der Waals surface area contributed by atoms with Gasteiger partial charge in [-0.1, -0.05) is 24.3 Å². The molecule has 9 heteroatoms. The van der Waals surface area contributed by atoms with Crippen LogP contribution in [0.1, 0.15) is 46.4 Å². The monoisotopic (exact) mass is 471 g/mol. The standard InChI is InChI=1S/C24H29N3O5S/c28-23(18-6-2-1-3-7-18)26-20-11-13-27(14-12-20)24(29)19-8-4-10-22(16-19)33(30,31)25-17-21-9-5-15-32-21/h1-4,6-8,10,16,20-21,25H,5,9,11-15,17H2,(H,26,28). The lowest BCUT2D eigenvalue weighted by Crippen LogP contribution is -2.46. The lowest BCUT2D eigenvalue weighted by molar-refractivity contribution is 0.0698. The van der Waals surface area contributed by atoms with Crippen LogP contribution in [0.15, 0.2) is 59.5 Å². The summed E-state index contributed by atoms with van der Waals surface area (Å²) in [5, 5.41) is 3.03. The summed E-state index contributed by atoms with van der Waals surface area (Å²) >= 11 is 0. The fraction of sp³-hybridized carbons (Fsp3) is 0.417. The lowest BCUT2D eigenvalue weighted by Gasteiger charge is -2.32. The zero-order chi connectivity index (χ0) is 23.3. The first kappa shape index (κ1) is 23.4. The fourth-order valence-electron chi connectivity index (χ4n) is 4.16. The van der Waals surface area contributed by atoms with Gasteiger partial charge < -0.3 is 15.0 Å². The van der Waals surface area contributed by atoms with E-state index in [1.807, 2.05) is 18.2 Å². The Morgan fingerprint density at radius 3 is 2.39 bits per heavy atom. The summed E-state index contributed by atoms with van der Waals surface area (Å²) in [6, 6.07) is 15.2. The molecule has 2 aromatic rings. The molecule has 2 fully saturated rings. The van der Waals surface area contributed by atoms with E-state index in [0.717, 1.165) is 12.8 Å². The van der Waals surface area contributed by atoms with Gasteiger partial charge in [0.05, 0.1) is 11.0 Å². The van der Waals surface area contributed by atoms with Crippen LogP contribution >= 0.6 is 0 Å². The van der Waals surface area contributed by atoms with E-state index < -0.39 is 10.0 Å². The highest BCUT2D eigenvalue weighted by atomic mass is 32.2. The summed E-state index contributed by atoms with van der Waals surface area (Å²) in [6.45, 7) is 1.87. The van der Waals surface area contributed by atoms with Crippen molar-refractivity contribution in [3.63, 3.8) is 0 Å². The number of hydrogen-bond acceptors (Lipinski definition) is 5. The number of likely N-dealkylation sites (tertiary alicyclic amines) is 1. The van der Waals surface area contributed by atoms with Gasteiger partial charge in [0.2, 0.25) is 10.0 Å². The van der Waals surface area contributed by atoms with Crippen LogP contribution in [0.3, 0.4) is 0 Å². The van der Waals surface area contributed by atoms with Crippen molar-refractivity contribution < 1.29 is 22.7 Å². The molecule has 2 amide bonds. The lowest BCUT2D eigenvalue weighted by atomic mass is 10.0. The van der Waals surface area contributed by atoms with Gasteiger partial charge in [0.25, 0.3) is 11.8 Å². The van der Waals surface area contributed by atoms with Crippen LogP contribution in [-0.4, -0.2) is 63.5 Å². The molecule has 0 radical (unpaired) electrons. The molecule has 2 aromatic carbocycles. The topological polar surface area (TPSA) is 105 Å². The van der Waals surface area contributed by atoms with E-state index in [4.69, 9.17) is 4.74 Å². The molecule has 33 heavy (non-hydrogen) atoms. The summed E-state index contributed by atoms with van der Waals surface area (Å²) in [5.74, 6) is -0.326. The van der Waals surface area contributed by atoms with E-state index in [-0.39, 0.29) is 35.4 Å². The third-order valence-electron chi connectivity index (χ3n) is 6.07. The fourth-order valence-corrected chi connectivity index (χ4v) is 5.27. The zero-order valence-corrected chi connectivity index (χ0v) is 19.2. The quantitative estimate of drug-likeness (QED) is 0.644. The molecule has 2 heterocycles. The number of carbonyl (C=O) groups excluding carboxylic acids is 2. The minimum atomic E-state index is -3.73. The number of ether oxygens (including phenoxy) is 1. The number of piperidine rings is 1. The van der Waals surface area contributed by atoms with Gasteiger partial charge in [-0.05, 0) is 56.0 Å². The molecule has 2 N–H and O–H groups in total. The van der Waals surface area contributed by atoms with Crippen LogP contribution in [0.5, 0.6) is 0 Å². The molecule has 8 nitrogen and oxygen atoms in total. The van der Waals surface area contributed by atoms with Crippen molar-refractivity contribution in [2.75, 3.05) is 26.2 Å². The highest BCUT2D eigenvalue weighted by molar-refractivity contribution is 7.89. The molecule has 0 spiro atoms. The van der Waals surface area contributed by atoms with Crippen LogP contribution in [0.2, 0.25) is 0 Å². The summed E-state index contributed by atoms with van der Waals surface area (Å²) in [7, 11) is -3.73. The number of rotatable bonds is 7. The van der Waals surface area contributed by atoms with Crippen LogP contribution in [0.25, 0.3) is 0 Å². The van der Waals surface area contributed by atoms with Crippen molar-refractivity contribution in [1.82, 2.24) is 14.9 Å². The Kier molecular flexibility index (Phi) is 7.42. The number of carbonyl (C=O) groups is 2. The summed E-state index contributed by atoms with van der Waals surface area (Å²) in [6.07, 6.45) is 2.95. The van der Waals surface area contributed by atoms with Crippen molar-refractivity contribution >= 4 is 21.8 Å². The largest absolute Gasteiger partial charge is 0.377 e. The maximum atomic E-state index is 13.0. The van der Waals surface area contributed by atoms with Crippen molar-refractivity contribution in [1.29, 1.82) is 0 Å². The molecule has 0 aliphatic carbocycles. The van der Waals surface area contributed by atoms with E-state index in [0.29, 0.717) is 43.7 Å². The molecule has 0 aromatic heterocycles. The van der Waals surface area contributed by atoms with Crippen molar-refractivity contribution in [2.45, 2.75) is 42.7 Å². The Bertz CT molecular complexity index is 1080. The Morgan fingerprint density at radius 1 is 0.970 bits per heavy atom. The number of amides is 2. The Labute approximate surface area is 194 Å². The van der Waals surface area contributed by atoms with Crippen LogP contribution < -0.4 is 10.0 Å². The minimum Gasteiger partial charge on any atom is -0.377 e. The zero-order valence-electron chi connectivity index (χ0n) is 18.4. The number of sulfonamides is 1. The predicted molar refractivity (Wildman–Crippen MR) is 123 cm³/mol. The highest BCUT2D eigenvalue weighted by Crippen LogP contribution is 2.18. The van der Waals surface area contributed by atoms with Crippen LogP contribution in [-0.2, 0) is 14.8 Å². The Hall–Kier alpha value is -2.75. The van der Waals surface area contributed by atoms with E-state index in [9.17, 15) is 18.0 Å². The van der Waals surface area contributed by atoms with Gasteiger partial charge in [-0.3, -0.25) is 9.59 Å². The van der Waals surface area contributed by atoms with Gasteiger partial charge in [-0.15, -0.1) is 0 Å². The smallest absolute Gasteiger partial charge is 0.253 e. The van der Waals surface area contributed by atoms with Gasteiger partial charge in [0.1, 0.15) is 0 Å². The highest BCUT2D eigenvalue weighted by Gasteiger charge is 2.26. The first-order valence-corrected chi connectivity index (χ1v) is 12.8. The van der Waals surface area contributed by atoms with Gasteiger partial charge in [-0.25, -0.2) is 13.1 Å². The Morgan fingerprint density at radius 2 is 1.70 bits per heavy atom. The molecule has 0 bridgehead atoms. The van der Waals surface area contributed by atoms with E-state index in [1.54, 1.807) is 29.2 Å². The molecule has 2 aliphatic rings. The maximum Gasteiger partial charge on any atom is 0.253 e. The number of benzene rings is 2. The normalized spacial score (nSPS) is 19.4. The summed E-state index contributed by atoms with van der Waals surface area (Å²) in [5.41, 5.74) is 0.948.